The fraction of sp³-hybridized carbons (Fsp3) is 0.727. The lowest BCUT2D eigenvalue weighted by Crippen LogP contribution is -2.47. The fourth-order valence-electron chi connectivity index (χ4n) is 2.61. The molecule has 2 aliphatic rings. The van der Waals surface area contributed by atoms with Crippen LogP contribution in [0.1, 0.15) is 12.8 Å². The summed E-state index contributed by atoms with van der Waals surface area (Å²) in [5.74, 6) is -1.96. The molecule has 0 saturated carbocycles. The average molecular weight is 271 g/mol. The molecule has 106 valence electrons. The van der Waals surface area contributed by atoms with Crippen molar-refractivity contribution in [2.75, 3.05) is 19.6 Å². The van der Waals surface area contributed by atoms with Crippen LogP contribution in [-0.2, 0) is 9.59 Å². The number of primary amides is 1. The number of hydrogen-bond donors (Lipinski definition) is 3. The number of carboxylic acids is 1. The number of hydrogen-bond acceptors (Lipinski definition) is 4. The number of aliphatic carboxylic acids is 1. The molecule has 4 N–H and O–H groups in total. The SMILES string of the molecule is NC(=O)C1CCN(C(=O)N2C[C@H](O)C[C@H]2C(=O)O)C1. The molecule has 0 spiro atoms. The lowest BCUT2D eigenvalue weighted by molar-refractivity contribution is -0.141. The van der Waals surface area contributed by atoms with Crippen LogP contribution in [0.2, 0.25) is 0 Å². The van der Waals surface area contributed by atoms with Crippen LogP contribution in [0.25, 0.3) is 0 Å². The normalized spacial score (nSPS) is 30.7. The Morgan fingerprint density at radius 2 is 1.89 bits per heavy atom. The molecule has 19 heavy (non-hydrogen) atoms. The van der Waals surface area contributed by atoms with Crippen LogP contribution in [-0.4, -0.2) is 69.7 Å². The van der Waals surface area contributed by atoms with Gasteiger partial charge in [0.05, 0.1) is 12.0 Å². The van der Waals surface area contributed by atoms with Crippen LogP contribution in [0.5, 0.6) is 0 Å². The molecule has 2 aliphatic heterocycles. The summed E-state index contributed by atoms with van der Waals surface area (Å²) in [6, 6.07) is -1.46. The fourth-order valence-corrected chi connectivity index (χ4v) is 2.61. The number of nitrogens with zero attached hydrogens (tertiary/aromatic N) is 2. The number of carbonyl (C=O) groups is 3. The Labute approximate surface area is 109 Å². The van der Waals surface area contributed by atoms with Crippen LogP contribution in [0.15, 0.2) is 0 Å². The summed E-state index contributed by atoms with van der Waals surface area (Å²) in [7, 11) is 0. The second kappa shape index (κ2) is 5.04. The van der Waals surface area contributed by atoms with Crippen molar-refractivity contribution in [3.8, 4) is 0 Å². The molecular formula is C11H17N3O5. The van der Waals surface area contributed by atoms with Gasteiger partial charge >= 0.3 is 12.0 Å². The first-order chi connectivity index (χ1) is 8.90. The molecule has 0 bridgehead atoms. The highest BCUT2D eigenvalue weighted by atomic mass is 16.4. The smallest absolute Gasteiger partial charge is 0.326 e. The molecule has 0 aromatic carbocycles. The summed E-state index contributed by atoms with van der Waals surface area (Å²) in [4.78, 5) is 36.9. The molecule has 2 rings (SSSR count). The number of amides is 3. The summed E-state index contributed by atoms with van der Waals surface area (Å²) < 4.78 is 0. The number of aliphatic hydroxyl groups excluding tert-OH is 1. The minimum Gasteiger partial charge on any atom is -0.480 e. The Kier molecular flexibility index (Phi) is 3.61. The van der Waals surface area contributed by atoms with Gasteiger partial charge in [0.25, 0.3) is 0 Å². The molecule has 0 aliphatic carbocycles. The van der Waals surface area contributed by atoms with E-state index < -0.39 is 30.1 Å². The molecule has 2 fully saturated rings. The van der Waals surface area contributed by atoms with E-state index in [1.54, 1.807) is 0 Å². The first kappa shape index (κ1) is 13.6. The van der Waals surface area contributed by atoms with Gasteiger partial charge in [-0.3, -0.25) is 4.79 Å². The van der Waals surface area contributed by atoms with E-state index in [2.05, 4.69) is 0 Å². The van der Waals surface area contributed by atoms with Crippen molar-refractivity contribution < 1.29 is 24.6 Å². The second-order valence-electron chi connectivity index (χ2n) is 5.01. The largest absolute Gasteiger partial charge is 0.480 e. The summed E-state index contributed by atoms with van der Waals surface area (Å²) >= 11 is 0. The van der Waals surface area contributed by atoms with E-state index >= 15 is 0 Å². The molecule has 2 heterocycles. The molecule has 1 unspecified atom stereocenters. The predicted octanol–water partition coefficient (Wildman–Crippen LogP) is -1.57. The Morgan fingerprint density at radius 1 is 1.21 bits per heavy atom. The van der Waals surface area contributed by atoms with Crippen molar-refractivity contribution in [2.45, 2.75) is 25.0 Å². The molecule has 0 aromatic heterocycles. The summed E-state index contributed by atoms with van der Waals surface area (Å²) in [6.45, 7) is 0.603. The molecule has 2 saturated heterocycles. The van der Waals surface area contributed by atoms with Crippen LogP contribution in [0.4, 0.5) is 4.79 Å². The van der Waals surface area contributed by atoms with E-state index in [-0.39, 0.29) is 25.4 Å². The van der Waals surface area contributed by atoms with E-state index in [0.717, 1.165) is 4.90 Å². The number of rotatable bonds is 2. The third kappa shape index (κ3) is 2.62. The number of aliphatic hydroxyl groups is 1. The van der Waals surface area contributed by atoms with Crippen molar-refractivity contribution in [1.29, 1.82) is 0 Å². The van der Waals surface area contributed by atoms with Crippen molar-refractivity contribution in [3.05, 3.63) is 0 Å². The molecule has 3 atom stereocenters. The van der Waals surface area contributed by atoms with E-state index in [4.69, 9.17) is 10.8 Å². The van der Waals surface area contributed by atoms with Crippen molar-refractivity contribution in [2.24, 2.45) is 11.7 Å². The first-order valence-electron chi connectivity index (χ1n) is 6.16. The number of carboxylic acid groups (broad SMARTS) is 1. The number of β-amino-alcohol motifs (C(OH)–C–C–N with tert-alkyl or cyclic N) is 1. The van der Waals surface area contributed by atoms with Gasteiger partial charge in [-0.2, -0.15) is 0 Å². The molecular weight excluding hydrogens is 254 g/mol. The lowest BCUT2D eigenvalue weighted by Gasteiger charge is -2.27. The Morgan fingerprint density at radius 3 is 2.42 bits per heavy atom. The average Bonchev–Trinajstić information content (AvgIpc) is 2.94. The predicted molar refractivity (Wildman–Crippen MR) is 63.0 cm³/mol. The minimum atomic E-state index is -1.13. The summed E-state index contributed by atoms with van der Waals surface area (Å²) in [5, 5.41) is 18.5. The van der Waals surface area contributed by atoms with Gasteiger partial charge in [-0.25, -0.2) is 9.59 Å². The third-order valence-electron chi connectivity index (χ3n) is 3.67. The number of carbonyl (C=O) groups excluding carboxylic acids is 2. The first-order valence-corrected chi connectivity index (χ1v) is 6.16. The van der Waals surface area contributed by atoms with E-state index in [9.17, 15) is 19.5 Å². The maximum atomic E-state index is 12.2. The third-order valence-corrected chi connectivity index (χ3v) is 3.67. The van der Waals surface area contributed by atoms with Gasteiger partial charge < -0.3 is 25.7 Å². The van der Waals surface area contributed by atoms with Crippen molar-refractivity contribution in [3.63, 3.8) is 0 Å². The molecule has 0 aromatic rings. The quantitative estimate of drug-likeness (QED) is 0.560. The molecule has 3 amide bonds. The van der Waals surface area contributed by atoms with Gasteiger partial charge in [-0.1, -0.05) is 0 Å². The zero-order valence-electron chi connectivity index (χ0n) is 10.4. The zero-order valence-corrected chi connectivity index (χ0v) is 10.4. The van der Waals surface area contributed by atoms with E-state index in [0.29, 0.717) is 13.0 Å². The van der Waals surface area contributed by atoms with Crippen LogP contribution in [0.3, 0.4) is 0 Å². The van der Waals surface area contributed by atoms with Gasteiger partial charge in [0.15, 0.2) is 0 Å². The van der Waals surface area contributed by atoms with Gasteiger partial charge in [-0.15, -0.1) is 0 Å². The molecule has 8 heteroatoms. The van der Waals surface area contributed by atoms with Crippen LogP contribution < -0.4 is 5.73 Å². The van der Waals surface area contributed by atoms with Crippen LogP contribution >= 0.6 is 0 Å². The topological polar surface area (TPSA) is 124 Å². The van der Waals surface area contributed by atoms with Gasteiger partial charge in [0.1, 0.15) is 6.04 Å². The highest BCUT2D eigenvalue weighted by Gasteiger charge is 2.42. The molecule has 0 radical (unpaired) electrons. The minimum absolute atomic E-state index is 0.00748. The Balaban J connectivity index is 2.03. The standard InChI is InChI=1S/C11H17N3O5/c12-9(16)6-1-2-13(4-6)11(19)14-5-7(15)3-8(14)10(17)18/h6-8,15H,1-5H2,(H2,12,16)(H,17,18)/t6?,7-,8+/m1/s1. The maximum Gasteiger partial charge on any atom is 0.326 e. The van der Waals surface area contributed by atoms with Crippen LogP contribution in [0, 0.1) is 5.92 Å². The van der Waals surface area contributed by atoms with Crippen molar-refractivity contribution >= 4 is 17.9 Å². The second-order valence-corrected chi connectivity index (χ2v) is 5.01. The maximum absolute atomic E-state index is 12.2. The number of likely N-dealkylation sites (tertiary alicyclic amines) is 2. The van der Waals surface area contributed by atoms with Gasteiger partial charge in [0, 0.05) is 26.1 Å². The Bertz CT molecular complexity index is 413. The monoisotopic (exact) mass is 271 g/mol. The van der Waals surface area contributed by atoms with E-state index in [1.807, 2.05) is 0 Å². The lowest BCUT2D eigenvalue weighted by atomic mass is 10.1. The highest BCUT2D eigenvalue weighted by molar-refractivity contribution is 5.85. The Hall–Kier alpha value is -1.83. The van der Waals surface area contributed by atoms with Crippen molar-refractivity contribution in [1.82, 2.24) is 9.80 Å². The molecule has 8 nitrogen and oxygen atoms in total. The summed E-state index contributed by atoms with van der Waals surface area (Å²) in [6.07, 6.45) is -0.289. The summed E-state index contributed by atoms with van der Waals surface area (Å²) in [5.41, 5.74) is 5.19. The van der Waals surface area contributed by atoms with Gasteiger partial charge in [-0.05, 0) is 6.42 Å². The number of nitrogens with two attached hydrogens (primary N) is 1. The van der Waals surface area contributed by atoms with E-state index in [1.165, 1.54) is 4.90 Å². The highest BCUT2D eigenvalue weighted by Crippen LogP contribution is 2.23. The number of urea groups is 1. The van der Waals surface area contributed by atoms with Gasteiger partial charge in [0.2, 0.25) is 5.91 Å². The zero-order chi connectivity index (χ0) is 14.2.